The van der Waals surface area contributed by atoms with Crippen LogP contribution >= 0.6 is 38.9 Å². The summed E-state index contributed by atoms with van der Waals surface area (Å²) in [5.41, 5.74) is 0.970. The fourth-order valence-corrected chi connectivity index (χ4v) is 3.23. The monoisotopic (exact) mass is 359 g/mol. The molecule has 0 aliphatic carbocycles. The lowest BCUT2D eigenvalue weighted by atomic mass is 10.3. The molecule has 0 aromatic carbocycles. The Balaban J connectivity index is 1.90. The first-order valence-electron chi connectivity index (χ1n) is 5.58. The van der Waals surface area contributed by atoms with Crippen LogP contribution in [0.3, 0.4) is 0 Å². The largest absolute Gasteiger partial charge is 0.350 e. The summed E-state index contributed by atoms with van der Waals surface area (Å²) < 4.78 is 1.09. The Labute approximate surface area is 128 Å². The summed E-state index contributed by atoms with van der Waals surface area (Å²) in [5.74, 6) is -0.233. The van der Waals surface area contributed by atoms with Crippen LogP contribution in [-0.4, -0.2) is 22.4 Å². The number of nitrogens with zero attached hydrogens (tertiary/aromatic N) is 2. The summed E-state index contributed by atoms with van der Waals surface area (Å²) in [6, 6.07) is 5.64. The van der Waals surface area contributed by atoms with Crippen LogP contribution in [0.5, 0.6) is 0 Å². The average Bonchev–Trinajstić information content (AvgIpc) is 2.73. The number of aryl methyl sites for hydroxylation is 1. The van der Waals surface area contributed by atoms with Crippen molar-refractivity contribution in [3.05, 3.63) is 43.5 Å². The second-order valence-corrected chi connectivity index (χ2v) is 6.76. The fraction of sp³-hybridized carbons (Fsp3) is 0.250. The quantitative estimate of drug-likeness (QED) is 0.852. The number of halogens is 2. The minimum Gasteiger partial charge on any atom is -0.350 e. The highest BCUT2D eigenvalue weighted by Crippen LogP contribution is 2.22. The van der Waals surface area contributed by atoms with E-state index in [4.69, 9.17) is 11.6 Å². The molecule has 0 fully saturated rings. The molecule has 0 aliphatic rings. The molecule has 0 bridgehead atoms. The first-order chi connectivity index (χ1) is 9.04. The molecular formula is C12H11BrClN3OS. The zero-order chi connectivity index (χ0) is 13.8. The van der Waals surface area contributed by atoms with Crippen LogP contribution in [-0.2, 0) is 6.42 Å². The van der Waals surface area contributed by atoms with E-state index >= 15 is 0 Å². The second kappa shape index (κ2) is 6.45. The molecule has 0 unspecified atom stereocenters. The minimum atomic E-state index is -0.233. The zero-order valence-electron chi connectivity index (χ0n) is 10.1. The van der Waals surface area contributed by atoms with Crippen molar-refractivity contribution in [3.63, 3.8) is 0 Å². The van der Waals surface area contributed by atoms with E-state index in [0.29, 0.717) is 17.9 Å². The van der Waals surface area contributed by atoms with Crippen LogP contribution in [0, 0.1) is 6.92 Å². The molecule has 19 heavy (non-hydrogen) atoms. The molecule has 1 amide bonds. The predicted octanol–water partition coefficient (Wildman–Crippen LogP) is 3.23. The number of rotatable bonds is 4. The third kappa shape index (κ3) is 4.26. The number of amides is 1. The first-order valence-corrected chi connectivity index (χ1v) is 7.57. The second-order valence-electron chi connectivity index (χ2n) is 3.88. The van der Waals surface area contributed by atoms with E-state index < -0.39 is 0 Å². The van der Waals surface area contributed by atoms with Crippen molar-refractivity contribution in [1.29, 1.82) is 0 Å². The van der Waals surface area contributed by atoms with E-state index in [9.17, 15) is 4.79 Å². The van der Waals surface area contributed by atoms with Crippen LogP contribution in [0.1, 0.15) is 21.1 Å². The van der Waals surface area contributed by atoms with Gasteiger partial charge in [-0.2, -0.15) is 0 Å². The highest BCUT2D eigenvalue weighted by atomic mass is 79.9. The molecule has 0 saturated carbocycles. The Morgan fingerprint density at radius 1 is 1.47 bits per heavy atom. The molecule has 0 radical (unpaired) electrons. The molecule has 0 atom stereocenters. The van der Waals surface area contributed by atoms with Crippen molar-refractivity contribution in [2.24, 2.45) is 0 Å². The fourth-order valence-electron chi connectivity index (χ4n) is 1.52. The van der Waals surface area contributed by atoms with Gasteiger partial charge in [0, 0.05) is 17.1 Å². The molecule has 0 spiro atoms. The average molecular weight is 361 g/mol. The lowest BCUT2D eigenvalue weighted by Gasteiger charge is -2.04. The summed E-state index contributed by atoms with van der Waals surface area (Å²) in [4.78, 5) is 20.9. The summed E-state index contributed by atoms with van der Waals surface area (Å²) >= 11 is 10.8. The van der Waals surface area contributed by atoms with E-state index in [1.807, 2.05) is 12.1 Å². The van der Waals surface area contributed by atoms with Gasteiger partial charge < -0.3 is 5.32 Å². The van der Waals surface area contributed by atoms with Crippen LogP contribution in [0.2, 0.25) is 5.28 Å². The first kappa shape index (κ1) is 14.4. The van der Waals surface area contributed by atoms with Gasteiger partial charge in [0.15, 0.2) is 0 Å². The number of nitrogens with one attached hydrogen (secondary N) is 1. The van der Waals surface area contributed by atoms with Crippen LogP contribution in [0.25, 0.3) is 0 Å². The standard InChI is InChI=1S/C12H11BrClN3OS/c1-7-6-9(17-12(14)16-7)11(18)15-5-4-8-2-3-10(13)19-8/h2-3,6H,4-5H2,1H3,(H,15,18). The smallest absolute Gasteiger partial charge is 0.270 e. The zero-order valence-corrected chi connectivity index (χ0v) is 13.3. The Morgan fingerprint density at radius 3 is 2.89 bits per heavy atom. The molecule has 0 aliphatic heterocycles. The Hall–Kier alpha value is -0.980. The van der Waals surface area contributed by atoms with Gasteiger partial charge in [-0.25, -0.2) is 9.97 Å². The SMILES string of the molecule is Cc1cc(C(=O)NCCc2ccc(Br)s2)nc(Cl)n1. The van der Waals surface area contributed by atoms with Crippen molar-refractivity contribution < 1.29 is 4.79 Å². The molecule has 100 valence electrons. The van der Waals surface area contributed by atoms with Gasteiger partial charge in [0.1, 0.15) is 5.69 Å². The molecule has 7 heteroatoms. The van der Waals surface area contributed by atoms with E-state index in [1.165, 1.54) is 4.88 Å². The number of thiophene rings is 1. The van der Waals surface area contributed by atoms with E-state index in [-0.39, 0.29) is 11.2 Å². The normalized spacial score (nSPS) is 10.5. The Kier molecular flexibility index (Phi) is 4.90. The molecule has 0 saturated heterocycles. The molecular weight excluding hydrogens is 350 g/mol. The van der Waals surface area contributed by atoms with Gasteiger partial charge in [-0.05, 0) is 59.1 Å². The van der Waals surface area contributed by atoms with Gasteiger partial charge in [-0.1, -0.05) is 0 Å². The maximum Gasteiger partial charge on any atom is 0.270 e. The van der Waals surface area contributed by atoms with Gasteiger partial charge in [0.25, 0.3) is 5.91 Å². The van der Waals surface area contributed by atoms with Gasteiger partial charge in [-0.3, -0.25) is 4.79 Å². The number of hydrogen-bond acceptors (Lipinski definition) is 4. The van der Waals surface area contributed by atoms with Gasteiger partial charge in [0.05, 0.1) is 3.79 Å². The molecule has 1 N–H and O–H groups in total. The number of carbonyl (C=O) groups excluding carboxylic acids is 1. The molecule has 4 nitrogen and oxygen atoms in total. The van der Waals surface area contributed by atoms with E-state index in [0.717, 1.165) is 10.2 Å². The van der Waals surface area contributed by atoms with Crippen molar-refractivity contribution in [1.82, 2.24) is 15.3 Å². The van der Waals surface area contributed by atoms with Crippen molar-refractivity contribution in [2.45, 2.75) is 13.3 Å². The molecule has 2 aromatic heterocycles. The van der Waals surface area contributed by atoms with Gasteiger partial charge in [-0.15, -0.1) is 11.3 Å². The lowest BCUT2D eigenvalue weighted by Crippen LogP contribution is -2.26. The number of carbonyl (C=O) groups is 1. The maximum atomic E-state index is 11.9. The van der Waals surface area contributed by atoms with Crippen LogP contribution in [0.15, 0.2) is 22.0 Å². The third-order valence-corrected chi connectivity index (χ3v) is 4.20. The van der Waals surface area contributed by atoms with Gasteiger partial charge >= 0.3 is 0 Å². The predicted molar refractivity (Wildman–Crippen MR) is 79.8 cm³/mol. The lowest BCUT2D eigenvalue weighted by molar-refractivity contribution is 0.0949. The number of aromatic nitrogens is 2. The van der Waals surface area contributed by atoms with E-state index in [2.05, 4.69) is 31.2 Å². The van der Waals surface area contributed by atoms with Crippen molar-refractivity contribution >= 4 is 44.8 Å². The maximum absolute atomic E-state index is 11.9. The molecule has 2 rings (SSSR count). The van der Waals surface area contributed by atoms with Crippen molar-refractivity contribution in [3.8, 4) is 0 Å². The number of hydrogen-bond donors (Lipinski definition) is 1. The van der Waals surface area contributed by atoms with Gasteiger partial charge in [0.2, 0.25) is 5.28 Å². The summed E-state index contributed by atoms with van der Waals surface area (Å²) in [6.07, 6.45) is 0.791. The summed E-state index contributed by atoms with van der Waals surface area (Å²) in [5, 5.41) is 2.90. The topological polar surface area (TPSA) is 54.9 Å². The third-order valence-electron chi connectivity index (χ3n) is 2.35. The van der Waals surface area contributed by atoms with E-state index in [1.54, 1.807) is 24.3 Å². The Morgan fingerprint density at radius 2 is 2.26 bits per heavy atom. The Bertz CT molecular complexity index is 582. The summed E-state index contributed by atoms with van der Waals surface area (Å²) in [6.45, 7) is 2.33. The van der Waals surface area contributed by atoms with Crippen molar-refractivity contribution in [2.75, 3.05) is 6.54 Å². The summed E-state index contributed by atoms with van der Waals surface area (Å²) in [7, 11) is 0. The highest BCUT2D eigenvalue weighted by Gasteiger charge is 2.09. The van der Waals surface area contributed by atoms with Crippen LogP contribution in [0.4, 0.5) is 0 Å². The minimum absolute atomic E-state index is 0.0901. The van der Waals surface area contributed by atoms with Crippen LogP contribution < -0.4 is 5.32 Å². The molecule has 2 aromatic rings. The molecule has 2 heterocycles. The highest BCUT2D eigenvalue weighted by molar-refractivity contribution is 9.11.